The third-order valence-electron chi connectivity index (χ3n) is 3.69. The molecule has 0 bridgehead atoms. The predicted octanol–water partition coefficient (Wildman–Crippen LogP) is 2.42. The van der Waals surface area contributed by atoms with Crippen molar-refractivity contribution in [2.75, 3.05) is 17.2 Å². The lowest BCUT2D eigenvalue weighted by Gasteiger charge is -2.16. The molecule has 5 heteroatoms. The van der Waals surface area contributed by atoms with Crippen LogP contribution in [0.25, 0.3) is 0 Å². The number of hydrogen-bond acceptors (Lipinski definition) is 3. The second-order valence-electron chi connectivity index (χ2n) is 5.56. The molecule has 21 heavy (non-hydrogen) atoms. The van der Waals surface area contributed by atoms with E-state index in [1.807, 2.05) is 19.1 Å². The third kappa shape index (κ3) is 4.56. The number of amides is 2. The second-order valence-corrected chi connectivity index (χ2v) is 5.56. The molecular formula is C16H23N3O2. The number of carbonyl (C=O) groups is 2. The van der Waals surface area contributed by atoms with Crippen LogP contribution >= 0.6 is 0 Å². The first kappa shape index (κ1) is 15.5. The van der Waals surface area contributed by atoms with Crippen molar-refractivity contribution in [3.63, 3.8) is 0 Å². The molecule has 1 aromatic rings. The molecule has 1 aromatic carbocycles. The Morgan fingerprint density at radius 2 is 2.00 bits per heavy atom. The van der Waals surface area contributed by atoms with Gasteiger partial charge in [0.25, 0.3) is 0 Å². The van der Waals surface area contributed by atoms with Gasteiger partial charge in [0.15, 0.2) is 0 Å². The van der Waals surface area contributed by atoms with Crippen molar-refractivity contribution in [2.45, 2.75) is 45.6 Å². The molecule has 114 valence electrons. The Hall–Kier alpha value is -1.88. The van der Waals surface area contributed by atoms with E-state index in [0.717, 1.165) is 37.1 Å². The molecule has 2 rings (SSSR count). The zero-order valence-electron chi connectivity index (χ0n) is 12.7. The highest BCUT2D eigenvalue weighted by molar-refractivity contribution is 5.96. The monoisotopic (exact) mass is 289 g/mol. The number of carbonyl (C=O) groups excluding carboxylic acids is 2. The smallest absolute Gasteiger partial charge is 0.241 e. The van der Waals surface area contributed by atoms with Gasteiger partial charge in [0.1, 0.15) is 0 Å². The quantitative estimate of drug-likeness (QED) is 0.800. The minimum atomic E-state index is -0.127. The molecule has 3 N–H and O–H groups in total. The maximum Gasteiger partial charge on any atom is 0.241 e. The molecule has 1 heterocycles. The standard InChI is InChI=1S/C16H23N3O2/c1-11-7-8-13(10-15(11)18-12(2)20)19-16(21)14-6-4-3-5-9-17-14/h7-8,10,14,17H,3-6,9H2,1-2H3,(H,18,20)(H,19,21). The van der Waals surface area contributed by atoms with E-state index in [1.54, 1.807) is 6.07 Å². The van der Waals surface area contributed by atoms with Gasteiger partial charge in [-0.3, -0.25) is 9.59 Å². The molecular weight excluding hydrogens is 266 g/mol. The van der Waals surface area contributed by atoms with Crippen LogP contribution in [0.5, 0.6) is 0 Å². The number of rotatable bonds is 3. The van der Waals surface area contributed by atoms with Gasteiger partial charge >= 0.3 is 0 Å². The summed E-state index contributed by atoms with van der Waals surface area (Å²) in [4.78, 5) is 23.5. The van der Waals surface area contributed by atoms with Gasteiger partial charge in [-0.2, -0.15) is 0 Å². The van der Waals surface area contributed by atoms with E-state index < -0.39 is 0 Å². The lowest BCUT2D eigenvalue weighted by Crippen LogP contribution is -2.39. The van der Waals surface area contributed by atoms with Crippen LogP contribution in [0.15, 0.2) is 18.2 Å². The Morgan fingerprint density at radius 1 is 1.19 bits per heavy atom. The molecule has 0 aromatic heterocycles. The Morgan fingerprint density at radius 3 is 2.76 bits per heavy atom. The molecule has 2 amide bonds. The fraction of sp³-hybridized carbons (Fsp3) is 0.500. The summed E-state index contributed by atoms with van der Waals surface area (Å²) in [5, 5.41) is 8.98. The van der Waals surface area contributed by atoms with Crippen LogP contribution in [0, 0.1) is 6.92 Å². The molecule has 1 unspecified atom stereocenters. The Kier molecular flexibility index (Phi) is 5.33. The molecule has 1 aliphatic heterocycles. The zero-order chi connectivity index (χ0) is 15.2. The molecule has 1 atom stereocenters. The van der Waals surface area contributed by atoms with E-state index >= 15 is 0 Å². The van der Waals surface area contributed by atoms with Gasteiger partial charge in [0, 0.05) is 18.3 Å². The summed E-state index contributed by atoms with van der Waals surface area (Å²) in [5.74, 6) is -0.124. The van der Waals surface area contributed by atoms with Gasteiger partial charge < -0.3 is 16.0 Å². The first-order chi connectivity index (χ1) is 10.1. The van der Waals surface area contributed by atoms with E-state index in [1.165, 1.54) is 13.3 Å². The first-order valence-electron chi connectivity index (χ1n) is 7.49. The van der Waals surface area contributed by atoms with Crippen LogP contribution in [0.2, 0.25) is 0 Å². The second kappa shape index (κ2) is 7.22. The maximum absolute atomic E-state index is 12.3. The molecule has 5 nitrogen and oxygen atoms in total. The Bertz CT molecular complexity index is 520. The molecule has 0 aliphatic carbocycles. The van der Waals surface area contributed by atoms with Crippen molar-refractivity contribution >= 4 is 23.2 Å². The van der Waals surface area contributed by atoms with Gasteiger partial charge in [-0.25, -0.2) is 0 Å². The third-order valence-corrected chi connectivity index (χ3v) is 3.69. The lowest BCUT2D eigenvalue weighted by molar-refractivity contribution is -0.118. The van der Waals surface area contributed by atoms with Crippen LogP contribution < -0.4 is 16.0 Å². The zero-order valence-corrected chi connectivity index (χ0v) is 12.7. The molecule has 1 aliphatic rings. The van der Waals surface area contributed by atoms with E-state index in [9.17, 15) is 9.59 Å². The summed E-state index contributed by atoms with van der Waals surface area (Å²) in [5.41, 5.74) is 2.41. The fourth-order valence-corrected chi connectivity index (χ4v) is 2.51. The number of anilines is 2. The number of aryl methyl sites for hydroxylation is 1. The molecule has 1 fully saturated rings. The SMILES string of the molecule is CC(=O)Nc1cc(NC(=O)C2CCCCCN2)ccc1C. The first-order valence-corrected chi connectivity index (χ1v) is 7.49. The van der Waals surface area contributed by atoms with Gasteiger partial charge in [0.2, 0.25) is 11.8 Å². The van der Waals surface area contributed by atoms with Gasteiger partial charge in [-0.1, -0.05) is 18.9 Å². The minimum Gasteiger partial charge on any atom is -0.326 e. The number of hydrogen-bond donors (Lipinski definition) is 3. The summed E-state index contributed by atoms with van der Waals surface area (Å²) < 4.78 is 0. The Balaban J connectivity index is 2.04. The summed E-state index contributed by atoms with van der Waals surface area (Å²) in [6.45, 7) is 4.28. The van der Waals surface area contributed by atoms with E-state index in [0.29, 0.717) is 5.69 Å². The van der Waals surface area contributed by atoms with Crippen molar-refractivity contribution in [1.82, 2.24) is 5.32 Å². The maximum atomic E-state index is 12.3. The average molecular weight is 289 g/mol. The predicted molar refractivity (Wildman–Crippen MR) is 84.4 cm³/mol. The minimum absolute atomic E-state index is 0.00507. The summed E-state index contributed by atoms with van der Waals surface area (Å²) in [6, 6.07) is 5.42. The van der Waals surface area contributed by atoms with Crippen LogP contribution in [0.4, 0.5) is 11.4 Å². The van der Waals surface area contributed by atoms with Crippen molar-refractivity contribution in [3.8, 4) is 0 Å². The van der Waals surface area contributed by atoms with Crippen molar-refractivity contribution in [1.29, 1.82) is 0 Å². The van der Waals surface area contributed by atoms with Crippen LogP contribution in [-0.2, 0) is 9.59 Å². The Labute approximate surface area is 125 Å². The molecule has 0 spiro atoms. The summed E-state index contributed by atoms with van der Waals surface area (Å²) in [7, 11) is 0. The largest absolute Gasteiger partial charge is 0.326 e. The van der Waals surface area contributed by atoms with E-state index in [2.05, 4.69) is 16.0 Å². The summed E-state index contributed by atoms with van der Waals surface area (Å²) >= 11 is 0. The van der Waals surface area contributed by atoms with Gasteiger partial charge in [-0.15, -0.1) is 0 Å². The highest BCUT2D eigenvalue weighted by atomic mass is 16.2. The van der Waals surface area contributed by atoms with Crippen molar-refractivity contribution in [3.05, 3.63) is 23.8 Å². The number of nitrogens with one attached hydrogen (secondary N) is 3. The van der Waals surface area contributed by atoms with Crippen molar-refractivity contribution < 1.29 is 9.59 Å². The molecule has 1 saturated heterocycles. The van der Waals surface area contributed by atoms with Crippen LogP contribution in [-0.4, -0.2) is 24.4 Å². The fourth-order valence-electron chi connectivity index (χ4n) is 2.51. The van der Waals surface area contributed by atoms with Crippen LogP contribution in [0.1, 0.15) is 38.2 Å². The normalized spacial score (nSPS) is 18.7. The summed E-state index contributed by atoms with van der Waals surface area (Å²) in [6.07, 6.45) is 4.25. The molecule has 0 radical (unpaired) electrons. The van der Waals surface area contributed by atoms with Crippen LogP contribution in [0.3, 0.4) is 0 Å². The average Bonchev–Trinajstić information content (AvgIpc) is 2.71. The lowest BCUT2D eigenvalue weighted by atomic mass is 10.1. The van der Waals surface area contributed by atoms with Crippen molar-refractivity contribution in [2.24, 2.45) is 0 Å². The van der Waals surface area contributed by atoms with E-state index in [4.69, 9.17) is 0 Å². The highest BCUT2D eigenvalue weighted by Gasteiger charge is 2.19. The highest BCUT2D eigenvalue weighted by Crippen LogP contribution is 2.21. The van der Waals surface area contributed by atoms with E-state index in [-0.39, 0.29) is 17.9 Å². The molecule has 0 saturated carbocycles. The van der Waals surface area contributed by atoms with Gasteiger partial charge in [0.05, 0.1) is 6.04 Å². The topological polar surface area (TPSA) is 70.2 Å². The van der Waals surface area contributed by atoms with Gasteiger partial charge in [-0.05, 0) is 44.0 Å². The number of benzene rings is 1.